The molecular weight excluding hydrogens is 234 g/mol. The second kappa shape index (κ2) is 4.39. The molecule has 0 spiro atoms. The lowest BCUT2D eigenvalue weighted by atomic mass is 9.82. The van der Waals surface area contributed by atoms with Crippen molar-refractivity contribution in [1.29, 1.82) is 0 Å². The Morgan fingerprint density at radius 2 is 1.72 bits per heavy atom. The third-order valence-corrected chi connectivity index (χ3v) is 4.35. The summed E-state index contributed by atoms with van der Waals surface area (Å²) in [7, 11) is 0. The molecule has 1 heterocycles. The first kappa shape index (κ1) is 11.7. The van der Waals surface area contributed by atoms with Gasteiger partial charge in [-0.25, -0.2) is 0 Å². The van der Waals surface area contributed by atoms with Crippen molar-refractivity contribution in [2.24, 2.45) is 23.7 Å². The SMILES string of the molecule is O=C(O)[C@@H]1[C@@H](C(=O)N2CCOCC2)[C@@H]2C=C[C@H]1C2. The van der Waals surface area contributed by atoms with E-state index < -0.39 is 11.9 Å². The van der Waals surface area contributed by atoms with Gasteiger partial charge < -0.3 is 14.7 Å². The second-order valence-corrected chi connectivity index (χ2v) is 5.28. The van der Waals surface area contributed by atoms with Crippen molar-refractivity contribution in [2.75, 3.05) is 26.3 Å². The van der Waals surface area contributed by atoms with Crippen LogP contribution in [0.5, 0.6) is 0 Å². The fourth-order valence-corrected chi connectivity index (χ4v) is 3.49. The Balaban J connectivity index is 1.79. The number of rotatable bonds is 2. The van der Waals surface area contributed by atoms with Gasteiger partial charge >= 0.3 is 5.97 Å². The number of carbonyl (C=O) groups excluding carboxylic acids is 1. The number of hydrogen-bond acceptors (Lipinski definition) is 3. The van der Waals surface area contributed by atoms with E-state index in [1.54, 1.807) is 4.90 Å². The quantitative estimate of drug-likeness (QED) is 0.720. The molecule has 0 unspecified atom stereocenters. The summed E-state index contributed by atoms with van der Waals surface area (Å²) in [5, 5.41) is 9.32. The van der Waals surface area contributed by atoms with E-state index in [1.165, 1.54) is 0 Å². The molecule has 5 heteroatoms. The average Bonchev–Trinajstić information content (AvgIpc) is 2.99. The zero-order chi connectivity index (χ0) is 12.7. The zero-order valence-corrected chi connectivity index (χ0v) is 10.1. The van der Waals surface area contributed by atoms with E-state index >= 15 is 0 Å². The number of carboxylic acid groups (broad SMARTS) is 1. The number of fused-ring (bicyclic) bond motifs is 2. The molecule has 1 aliphatic heterocycles. The van der Waals surface area contributed by atoms with Gasteiger partial charge in [0.15, 0.2) is 0 Å². The molecule has 1 N–H and O–H groups in total. The van der Waals surface area contributed by atoms with Crippen molar-refractivity contribution >= 4 is 11.9 Å². The van der Waals surface area contributed by atoms with Crippen LogP contribution in [0.25, 0.3) is 0 Å². The Morgan fingerprint density at radius 3 is 2.33 bits per heavy atom. The highest BCUT2D eigenvalue weighted by Gasteiger charge is 2.52. The molecule has 2 bridgehead atoms. The molecule has 2 fully saturated rings. The minimum Gasteiger partial charge on any atom is -0.481 e. The molecule has 5 nitrogen and oxygen atoms in total. The van der Waals surface area contributed by atoms with Gasteiger partial charge in [0, 0.05) is 13.1 Å². The summed E-state index contributed by atoms with van der Waals surface area (Å²) < 4.78 is 5.22. The Labute approximate surface area is 105 Å². The molecule has 18 heavy (non-hydrogen) atoms. The summed E-state index contributed by atoms with van der Waals surface area (Å²) in [5.74, 6) is -1.57. The van der Waals surface area contributed by atoms with Crippen LogP contribution in [-0.2, 0) is 14.3 Å². The van der Waals surface area contributed by atoms with E-state index in [4.69, 9.17) is 4.74 Å². The van der Waals surface area contributed by atoms with Crippen LogP contribution in [0.4, 0.5) is 0 Å². The smallest absolute Gasteiger partial charge is 0.307 e. The number of allylic oxidation sites excluding steroid dienone is 2. The monoisotopic (exact) mass is 251 g/mol. The first-order chi connectivity index (χ1) is 8.68. The summed E-state index contributed by atoms with van der Waals surface area (Å²) in [6.07, 6.45) is 4.80. The highest BCUT2D eigenvalue weighted by atomic mass is 16.5. The van der Waals surface area contributed by atoms with Gasteiger partial charge in [0.1, 0.15) is 0 Å². The molecule has 2 aliphatic carbocycles. The highest BCUT2D eigenvalue weighted by molar-refractivity contribution is 5.87. The van der Waals surface area contributed by atoms with Crippen molar-refractivity contribution in [3.8, 4) is 0 Å². The molecule has 0 radical (unpaired) electrons. The van der Waals surface area contributed by atoms with Crippen LogP contribution < -0.4 is 0 Å². The van der Waals surface area contributed by atoms with Gasteiger partial charge in [-0.3, -0.25) is 9.59 Å². The van der Waals surface area contributed by atoms with Crippen molar-refractivity contribution < 1.29 is 19.4 Å². The van der Waals surface area contributed by atoms with E-state index in [9.17, 15) is 14.7 Å². The summed E-state index contributed by atoms with van der Waals surface area (Å²) in [4.78, 5) is 25.6. The van der Waals surface area contributed by atoms with E-state index in [1.807, 2.05) is 12.2 Å². The number of carbonyl (C=O) groups is 2. The highest BCUT2D eigenvalue weighted by Crippen LogP contribution is 2.48. The Kier molecular flexibility index (Phi) is 2.86. The number of carboxylic acids is 1. The minimum absolute atomic E-state index is 0.00236. The van der Waals surface area contributed by atoms with Crippen molar-refractivity contribution in [3.63, 3.8) is 0 Å². The number of morpholine rings is 1. The van der Waals surface area contributed by atoms with E-state index in [2.05, 4.69) is 0 Å². The van der Waals surface area contributed by atoms with Crippen molar-refractivity contribution in [2.45, 2.75) is 6.42 Å². The third kappa shape index (κ3) is 1.73. The summed E-state index contributed by atoms with van der Waals surface area (Å²) >= 11 is 0. The van der Waals surface area contributed by atoms with Crippen LogP contribution >= 0.6 is 0 Å². The Hall–Kier alpha value is -1.36. The molecule has 1 saturated heterocycles. The van der Waals surface area contributed by atoms with Crippen LogP contribution in [0.2, 0.25) is 0 Å². The zero-order valence-electron chi connectivity index (χ0n) is 10.1. The van der Waals surface area contributed by atoms with Gasteiger partial charge in [-0.2, -0.15) is 0 Å². The predicted octanol–water partition coefficient (Wildman–Crippen LogP) is 0.368. The number of nitrogens with zero attached hydrogens (tertiary/aromatic N) is 1. The van der Waals surface area contributed by atoms with Gasteiger partial charge in [0.2, 0.25) is 5.91 Å². The first-order valence-corrected chi connectivity index (χ1v) is 6.46. The molecule has 3 aliphatic rings. The lowest BCUT2D eigenvalue weighted by Crippen LogP contribution is -2.47. The van der Waals surface area contributed by atoms with Gasteiger partial charge in [0.25, 0.3) is 0 Å². The molecular formula is C13H17NO4. The van der Waals surface area contributed by atoms with Gasteiger partial charge in [-0.15, -0.1) is 0 Å². The molecule has 0 aromatic carbocycles. The van der Waals surface area contributed by atoms with Gasteiger partial charge in [-0.1, -0.05) is 12.2 Å². The van der Waals surface area contributed by atoms with Crippen molar-refractivity contribution in [1.82, 2.24) is 4.90 Å². The normalized spacial score (nSPS) is 38.1. The lowest BCUT2D eigenvalue weighted by molar-refractivity contribution is -0.152. The summed E-state index contributed by atoms with van der Waals surface area (Å²) in [5.41, 5.74) is 0. The topological polar surface area (TPSA) is 66.8 Å². The molecule has 0 aromatic heterocycles. The summed E-state index contributed by atoms with van der Waals surface area (Å²) in [6.45, 7) is 2.28. The number of ether oxygens (including phenoxy) is 1. The largest absolute Gasteiger partial charge is 0.481 e. The maximum Gasteiger partial charge on any atom is 0.307 e. The maximum atomic E-state index is 12.5. The van der Waals surface area contributed by atoms with Crippen LogP contribution in [0.15, 0.2) is 12.2 Å². The third-order valence-electron chi connectivity index (χ3n) is 4.35. The van der Waals surface area contributed by atoms with E-state index in [-0.39, 0.29) is 23.7 Å². The van der Waals surface area contributed by atoms with Gasteiger partial charge in [-0.05, 0) is 18.3 Å². The lowest BCUT2D eigenvalue weighted by Gasteiger charge is -2.33. The Bertz CT molecular complexity index is 400. The van der Waals surface area contributed by atoms with Crippen LogP contribution in [-0.4, -0.2) is 48.2 Å². The number of amides is 1. The van der Waals surface area contributed by atoms with Crippen LogP contribution in [0, 0.1) is 23.7 Å². The molecule has 98 valence electrons. The van der Waals surface area contributed by atoms with Crippen molar-refractivity contribution in [3.05, 3.63) is 12.2 Å². The second-order valence-electron chi connectivity index (χ2n) is 5.28. The Morgan fingerprint density at radius 1 is 1.11 bits per heavy atom. The van der Waals surface area contributed by atoms with Crippen LogP contribution in [0.3, 0.4) is 0 Å². The standard InChI is InChI=1S/C13H17NO4/c15-12(14-3-5-18-6-4-14)10-8-1-2-9(7-8)11(10)13(16)17/h1-2,8-11H,3-7H2,(H,16,17)/t8-,9+,10+,11+/m1/s1. The average molecular weight is 251 g/mol. The number of hydrogen-bond donors (Lipinski definition) is 1. The molecule has 1 saturated carbocycles. The van der Waals surface area contributed by atoms with Gasteiger partial charge in [0.05, 0.1) is 25.0 Å². The fraction of sp³-hybridized carbons (Fsp3) is 0.692. The number of aliphatic carboxylic acids is 1. The summed E-state index contributed by atoms with van der Waals surface area (Å²) in [6, 6.07) is 0. The van der Waals surface area contributed by atoms with E-state index in [0.717, 1.165) is 6.42 Å². The maximum absolute atomic E-state index is 12.5. The van der Waals surface area contributed by atoms with Crippen LogP contribution in [0.1, 0.15) is 6.42 Å². The molecule has 4 atom stereocenters. The minimum atomic E-state index is -0.835. The first-order valence-electron chi connectivity index (χ1n) is 6.46. The molecule has 1 amide bonds. The molecule has 3 rings (SSSR count). The predicted molar refractivity (Wildman–Crippen MR) is 62.8 cm³/mol. The molecule has 0 aromatic rings. The fourth-order valence-electron chi connectivity index (χ4n) is 3.49. The van der Waals surface area contributed by atoms with E-state index in [0.29, 0.717) is 26.3 Å².